The van der Waals surface area contributed by atoms with Crippen LogP contribution in [0.4, 0.5) is 5.13 Å². The van der Waals surface area contributed by atoms with Gasteiger partial charge >= 0.3 is 0 Å². The van der Waals surface area contributed by atoms with Gasteiger partial charge in [0.25, 0.3) is 0 Å². The van der Waals surface area contributed by atoms with Crippen LogP contribution in [-0.2, 0) is 4.79 Å². The zero-order chi connectivity index (χ0) is 13.8. The fraction of sp³-hybridized carbons (Fsp3) is 0.733. The first kappa shape index (κ1) is 13.9. The smallest absolute Gasteiger partial charge is 0.220 e. The summed E-state index contributed by atoms with van der Waals surface area (Å²) in [5.74, 6) is 0.878. The molecule has 2 heterocycles. The van der Waals surface area contributed by atoms with E-state index in [9.17, 15) is 4.79 Å². The first-order valence-corrected chi connectivity index (χ1v) is 8.63. The van der Waals surface area contributed by atoms with Crippen molar-refractivity contribution in [1.82, 2.24) is 10.3 Å². The maximum atomic E-state index is 12.1. The normalized spacial score (nSPS) is 24.0. The van der Waals surface area contributed by atoms with Crippen molar-refractivity contribution in [3.05, 3.63) is 11.6 Å². The van der Waals surface area contributed by atoms with E-state index in [0.29, 0.717) is 12.0 Å². The molecule has 0 radical (unpaired) electrons. The van der Waals surface area contributed by atoms with Gasteiger partial charge in [0.15, 0.2) is 5.13 Å². The lowest BCUT2D eigenvalue weighted by atomic mass is 9.87. The van der Waals surface area contributed by atoms with Gasteiger partial charge in [-0.25, -0.2) is 4.98 Å². The van der Waals surface area contributed by atoms with E-state index in [4.69, 9.17) is 0 Å². The molecule has 2 aliphatic rings. The molecule has 0 spiro atoms. The van der Waals surface area contributed by atoms with Crippen LogP contribution in [-0.4, -0.2) is 30.0 Å². The summed E-state index contributed by atoms with van der Waals surface area (Å²) in [5, 5.41) is 6.30. The first-order chi connectivity index (χ1) is 9.81. The van der Waals surface area contributed by atoms with Crippen molar-refractivity contribution >= 4 is 22.4 Å². The average Bonchev–Trinajstić information content (AvgIpc) is 3.10. The molecule has 1 aliphatic carbocycles. The van der Waals surface area contributed by atoms with Crippen LogP contribution in [0.15, 0.2) is 11.6 Å². The average molecular weight is 293 g/mol. The Bertz CT molecular complexity index is 428. The van der Waals surface area contributed by atoms with E-state index in [0.717, 1.165) is 31.1 Å². The van der Waals surface area contributed by atoms with Gasteiger partial charge in [-0.1, -0.05) is 19.3 Å². The van der Waals surface area contributed by atoms with Crippen LogP contribution in [0.3, 0.4) is 0 Å². The molecule has 1 atom stereocenters. The van der Waals surface area contributed by atoms with Gasteiger partial charge in [-0.05, 0) is 25.2 Å². The van der Waals surface area contributed by atoms with E-state index in [2.05, 4.69) is 15.2 Å². The summed E-state index contributed by atoms with van der Waals surface area (Å²) in [6.07, 6.45) is 10.0. The topological polar surface area (TPSA) is 45.2 Å². The Morgan fingerprint density at radius 1 is 1.35 bits per heavy atom. The predicted octanol–water partition coefficient (Wildman–Crippen LogP) is 2.81. The molecule has 2 fully saturated rings. The number of hydrogen-bond donors (Lipinski definition) is 1. The summed E-state index contributed by atoms with van der Waals surface area (Å²) >= 11 is 1.67. The van der Waals surface area contributed by atoms with E-state index in [1.807, 2.05) is 11.6 Å². The van der Waals surface area contributed by atoms with Gasteiger partial charge in [-0.2, -0.15) is 0 Å². The van der Waals surface area contributed by atoms with Crippen molar-refractivity contribution < 1.29 is 4.79 Å². The monoisotopic (exact) mass is 293 g/mol. The van der Waals surface area contributed by atoms with E-state index in [-0.39, 0.29) is 5.91 Å². The highest BCUT2D eigenvalue weighted by atomic mass is 32.1. The molecular formula is C15H23N3OS. The second-order valence-corrected chi connectivity index (χ2v) is 6.89. The number of anilines is 1. The van der Waals surface area contributed by atoms with E-state index < -0.39 is 0 Å². The third-order valence-corrected chi connectivity index (χ3v) is 5.27. The summed E-state index contributed by atoms with van der Waals surface area (Å²) in [7, 11) is 0. The number of amides is 1. The minimum absolute atomic E-state index is 0.253. The van der Waals surface area contributed by atoms with Crippen LogP contribution >= 0.6 is 11.3 Å². The lowest BCUT2D eigenvalue weighted by Crippen LogP contribution is -2.38. The number of carbonyl (C=O) groups is 1. The summed E-state index contributed by atoms with van der Waals surface area (Å²) in [5.41, 5.74) is 0. The summed E-state index contributed by atoms with van der Waals surface area (Å²) in [6, 6.07) is 0.301. The molecule has 1 saturated heterocycles. The Morgan fingerprint density at radius 3 is 2.95 bits per heavy atom. The second-order valence-electron chi connectivity index (χ2n) is 6.02. The molecule has 4 nitrogen and oxygen atoms in total. The summed E-state index contributed by atoms with van der Waals surface area (Å²) in [6.45, 7) is 1.91. The number of rotatable bonds is 4. The molecule has 1 N–H and O–H groups in total. The maximum absolute atomic E-state index is 12.1. The third-order valence-electron chi connectivity index (χ3n) is 4.44. The Balaban J connectivity index is 1.43. The van der Waals surface area contributed by atoms with E-state index >= 15 is 0 Å². The quantitative estimate of drug-likeness (QED) is 0.928. The van der Waals surface area contributed by atoms with Crippen LogP contribution in [0.25, 0.3) is 0 Å². The number of nitrogens with one attached hydrogen (secondary N) is 1. The van der Waals surface area contributed by atoms with Crippen molar-refractivity contribution in [3.8, 4) is 0 Å². The van der Waals surface area contributed by atoms with Crippen molar-refractivity contribution in [1.29, 1.82) is 0 Å². The number of thiazole rings is 1. The van der Waals surface area contributed by atoms with E-state index in [1.165, 1.54) is 32.1 Å². The number of carbonyl (C=O) groups excluding carboxylic acids is 1. The van der Waals surface area contributed by atoms with Crippen molar-refractivity contribution in [2.24, 2.45) is 5.92 Å². The highest BCUT2D eigenvalue weighted by Crippen LogP contribution is 2.26. The highest BCUT2D eigenvalue weighted by molar-refractivity contribution is 7.13. The molecule has 1 aromatic rings. The largest absolute Gasteiger partial charge is 0.352 e. The summed E-state index contributed by atoms with van der Waals surface area (Å²) in [4.78, 5) is 18.7. The maximum Gasteiger partial charge on any atom is 0.220 e. The van der Waals surface area contributed by atoms with Gasteiger partial charge in [0.1, 0.15) is 0 Å². The molecule has 0 bridgehead atoms. The lowest BCUT2D eigenvalue weighted by molar-refractivity contribution is -0.122. The van der Waals surface area contributed by atoms with Crippen LogP contribution in [0.2, 0.25) is 0 Å². The Labute approximate surface area is 124 Å². The molecular weight excluding hydrogens is 270 g/mol. The molecule has 3 rings (SSSR count). The van der Waals surface area contributed by atoms with E-state index in [1.54, 1.807) is 11.3 Å². The highest BCUT2D eigenvalue weighted by Gasteiger charge is 2.26. The van der Waals surface area contributed by atoms with Gasteiger partial charge in [0.05, 0.1) is 0 Å². The predicted molar refractivity (Wildman–Crippen MR) is 82.1 cm³/mol. The third kappa shape index (κ3) is 3.51. The SMILES string of the molecule is O=C(CC1CCCCC1)NC1CCN(c2nccs2)C1. The van der Waals surface area contributed by atoms with Crippen molar-refractivity contribution in [2.45, 2.75) is 51.0 Å². The molecule has 0 aromatic carbocycles. The molecule has 1 amide bonds. The molecule has 5 heteroatoms. The molecule has 1 aromatic heterocycles. The van der Waals surface area contributed by atoms with Gasteiger partial charge in [0, 0.05) is 37.1 Å². The standard InChI is InChI=1S/C15H23N3OS/c19-14(10-12-4-2-1-3-5-12)17-13-6-8-18(11-13)15-16-7-9-20-15/h7,9,12-13H,1-6,8,10-11H2,(H,17,19). The lowest BCUT2D eigenvalue weighted by Gasteiger charge is -2.22. The van der Waals surface area contributed by atoms with Gasteiger partial charge in [0.2, 0.25) is 5.91 Å². The minimum Gasteiger partial charge on any atom is -0.352 e. The number of nitrogens with zero attached hydrogens (tertiary/aromatic N) is 2. The molecule has 1 unspecified atom stereocenters. The Kier molecular flexibility index (Phi) is 4.55. The van der Waals surface area contributed by atoms with Crippen LogP contribution < -0.4 is 10.2 Å². The summed E-state index contributed by atoms with van der Waals surface area (Å²) < 4.78 is 0. The zero-order valence-corrected chi connectivity index (χ0v) is 12.7. The van der Waals surface area contributed by atoms with Crippen LogP contribution in [0.5, 0.6) is 0 Å². The Morgan fingerprint density at radius 2 is 2.20 bits per heavy atom. The molecule has 1 saturated carbocycles. The fourth-order valence-corrected chi connectivity index (χ4v) is 4.04. The molecule has 110 valence electrons. The molecule has 1 aliphatic heterocycles. The van der Waals surface area contributed by atoms with Gasteiger partial charge in [-0.3, -0.25) is 4.79 Å². The minimum atomic E-state index is 0.253. The van der Waals surface area contributed by atoms with Crippen molar-refractivity contribution in [3.63, 3.8) is 0 Å². The Hall–Kier alpha value is -1.10. The number of aromatic nitrogens is 1. The van der Waals surface area contributed by atoms with Gasteiger partial charge in [-0.15, -0.1) is 11.3 Å². The molecule has 20 heavy (non-hydrogen) atoms. The second kappa shape index (κ2) is 6.57. The van der Waals surface area contributed by atoms with Crippen LogP contribution in [0, 0.1) is 5.92 Å². The fourth-order valence-electron chi connectivity index (χ4n) is 3.36. The van der Waals surface area contributed by atoms with Crippen molar-refractivity contribution in [2.75, 3.05) is 18.0 Å². The van der Waals surface area contributed by atoms with Gasteiger partial charge < -0.3 is 10.2 Å². The zero-order valence-electron chi connectivity index (χ0n) is 11.9. The number of hydrogen-bond acceptors (Lipinski definition) is 4. The first-order valence-electron chi connectivity index (χ1n) is 7.75. The van der Waals surface area contributed by atoms with Crippen LogP contribution in [0.1, 0.15) is 44.9 Å².